The molecule has 0 fully saturated rings. The number of hydrogen-bond donors (Lipinski definition) is 0. The van der Waals surface area contributed by atoms with Crippen molar-refractivity contribution in [1.82, 2.24) is 13.5 Å². The van der Waals surface area contributed by atoms with Gasteiger partial charge in [-0.1, -0.05) is 0 Å². The Morgan fingerprint density at radius 1 is 1.41 bits per heavy atom. The molecule has 0 aromatic carbocycles. The first-order chi connectivity index (χ1) is 7.60. The molecule has 1 aromatic rings. The average Bonchev–Trinajstić information content (AvgIpc) is 2.60. The molecular weight excluding hydrogens is 263 g/mol. The number of aromatic nitrogens is 2. The minimum absolute atomic E-state index is 0.0106. The maximum atomic E-state index is 12.3. The molecule has 0 aliphatic heterocycles. The van der Waals surface area contributed by atoms with Crippen LogP contribution in [0, 0.1) is 0 Å². The van der Waals surface area contributed by atoms with Gasteiger partial charge >= 0.3 is 16.4 Å². The number of aldehydes is 1. The Hall–Kier alpha value is -1.42. The summed E-state index contributed by atoms with van der Waals surface area (Å²) in [6, 6.07) is 0.369. The number of carbonyl (C=O) groups excluding carboxylic acids is 1. The lowest BCUT2D eigenvalue weighted by atomic mass is 10.4. The normalized spacial score (nSPS) is 13.1. The molecule has 10 heteroatoms. The third kappa shape index (κ3) is 2.47. The molecule has 0 saturated carbocycles. The molecule has 96 valence electrons. The van der Waals surface area contributed by atoms with Gasteiger partial charge in [-0.25, -0.2) is 0 Å². The molecule has 0 atom stereocenters. The highest BCUT2D eigenvalue weighted by Gasteiger charge is 2.36. The first-order valence-corrected chi connectivity index (χ1v) is 5.56. The largest absolute Gasteiger partial charge is 0.435 e. The van der Waals surface area contributed by atoms with E-state index in [1.807, 2.05) is 0 Å². The van der Waals surface area contributed by atoms with Crippen molar-refractivity contribution in [3.05, 3.63) is 17.5 Å². The number of halogens is 3. The fraction of sp³-hybridized carbons (Fsp3) is 0.429. The van der Waals surface area contributed by atoms with Crippen LogP contribution in [0.4, 0.5) is 13.2 Å². The lowest BCUT2D eigenvalue weighted by Gasteiger charge is -2.11. The zero-order chi connectivity index (χ0) is 13.4. The molecule has 0 saturated heterocycles. The first-order valence-electron chi connectivity index (χ1n) is 4.16. The van der Waals surface area contributed by atoms with E-state index >= 15 is 0 Å². The quantitative estimate of drug-likeness (QED) is 0.744. The summed E-state index contributed by atoms with van der Waals surface area (Å²) in [5.74, 6) is 0. The standard InChI is InChI=1S/C7H8F3N3O3S/c1-12(2)17(15,16)13-5(4-14)3-6(11-13)7(8,9)10/h3-4H,1-2H3. The van der Waals surface area contributed by atoms with Crippen molar-refractivity contribution in [2.24, 2.45) is 0 Å². The van der Waals surface area contributed by atoms with Gasteiger partial charge in [0.15, 0.2) is 12.0 Å². The molecular formula is C7H8F3N3O3S. The highest BCUT2D eigenvalue weighted by atomic mass is 32.2. The number of rotatable bonds is 3. The summed E-state index contributed by atoms with van der Waals surface area (Å²) in [5, 5.41) is 2.88. The lowest BCUT2D eigenvalue weighted by molar-refractivity contribution is -0.141. The van der Waals surface area contributed by atoms with Crippen LogP contribution in [0.2, 0.25) is 0 Å². The summed E-state index contributed by atoms with van der Waals surface area (Å²) in [4.78, 5) is 10.5. The summed E-state index contributed by atoms with van der Waals surface area (Å²) < 4.78 is 60.7. The number of hydrogen-bond acceptors (Lipinski definition) is 4. The highest BCUT2D eigenvalue weighted by molar-refractivity contribution is 7.87. The van der Waals surface area contributed by atoms with Gasteiger partial charge in [-0.05, 0) is 0 Å². The minimum atomic E-state index is -4.81. The summed E-state index contributed by atoms with van der Waals surface area (Å²) in [7, 11) is -2.03. The van der Waals surface area contributed by atoms with Crippen LogP contribution in [0.5, 0.6) is 0 Å². The van der Waals surface area contributed by atoms with E-state index in [-0.39, 0.29) is 10.4 Å². The van der Waals surface area contributed by atoms with Gasteiger partial charge in [0.25, 0.3) is 0 Å². The van der Waals surface area contributed by atoms with Crippen LogP contribution in [-0.2, 0) is 16.4 Å². The number of nitrogens with zero attached hydrogens (tertiary/aromatic N) is 3. The van der Waals surface area contributed by atoms with Crippen molar-refractivity contribution >= 4 is 16.5 Å². The summed E-state index contributed by atoms with van der Waals surface area (Å²) in [6.07, 6.45) is -4.83. The van der Waals surface area contributed by atoms with Crippen LogP contribution in [-0.4, -0.2) is 42.3 Å². The molecule has 0 N–H and O–H groups in total. The van der Waals surface area contributed by atoms with Crippen molar-refractivity contribution in [2.45, 2.75) is 6.18 Å². The van der Waals surface area contributed by atoms with Crippen LogP contribution in [0.3, 0.4) is 0 Å². The van der Waals surface area contributed by atoms with Crippen molar-refractivity contribution in [3.8, 4) is 0 Å². The zero-order valence-corrected chi connectivity index (χ0v) is 9.58. The Morgan fingerprint density at radius 3 is 2.29 bits per heavy atom. The van der Waals surface area contributed by atoms with Crippen molar-refractivity contribution in [3.63, 3.8) is 0 Å². The highest BCUT2D eigenvalue weighted by Crippen LogP contribution is 2.28. The van der Waals surface area contributed by atoms with Gasteiger partial charge in [0.05, 0.1) is 0 Å². The van der Waals surface area contributed by atoms with Crippen molar-refractivity contribution < 1.29 is 26.4 Å². The van der Waals surface area contributed by atoms with Crippen LogP contribution in [0.15, 0.2) is 6.07 Å². The van der Waals surface area contributed by atoms with Gasteiger partial charge in [0, 0.05) is 20.2 Å². The van der Waals surface area contributed by atoms with Crippen LogP contribution in [0.25, 0.3) is 0 Å². The fourth-order valence-corrected chi connectivity index (χ4v) is 1.80. The fourth-order valence-electron chi connectivity index (χ4n) is 0.937. The van der Waals surface area contributed by atoms with E-state index in [1.165, 1.54) is 0 Å². The Labute approximate surface area is 94.8 Å². The van der Waals surface area contributed by atoms with Gasteiger partial charge in [-0.3, -0.25) is 4.79 Å². The molecule has 0 unspecified atom stereocenters. The topological polar surface area (TPSA) is 72.3 Å². The monoisotopic (exact) mass is 271 g/mol. The number of alkyl halides is 3. The molecule has 17 heavy (non-hydrogen) atoms. The third-order valence-corrected chi connectivity index (χ3v) is 3.45. The van der Waals surface area contributed by atoms with E-state index in [4.69, 9.17) is 0 Å². The SMILES string of the molecule is CN(C)S(=O)(=O)n1nc(C(F)(F)F)cc1C=O. The molecule has 0 spiro atoms. The molecule has 6 nitrogen and oxygen atoms in total. The van der Waals surface area contributed by atoms with E-state index in [9.17, 15) is 26.4 Å². The second-order valence-electron chi connectivity index (χ2n) is 3.20. The predicted octanol–water partition coefficient (Wildman–Crippen LogP) is 0.369. The summed E-state index contributed by atoms with van der Waals surface area (Å²) in [6.45, 7) is 0. The van der Waals surface area contributed by atoms with E-state index < -0.39 is 27.8 Å². The summed E-state index contributed by atoms with van der Waals surface area (Å²) >= 11 is 0. The second-order valence-corrected chi connectivity index (χ2v) is 5.18. The molecule has 1 rings (SSSR count). The van der Waals surface area contributed by atoms with Gasteiger partial charge < -0.3 is 0 Å². The Balaban J connectivity index is 3.46. The molecule has 1 aromatic heterocycles. The Morgan fingerprint density at radius 2 is 1.94 bits per heavy atom. The smallest absolute Gasteiger partial charge is 0.296 e. The average molecular weight is 271 g/mol. The lowest BCUT2D eigenvalue weighted by Crippen LogP contribution is -2.31. The zero-order valence-electron chi connectivity index (χ0n) is 8.76. The molecule has 0 amide bonds. The molecule has 0 radical (unpaired) electrons. The van der Waals surface area contributed by atoms with Crippen LogP contribution >= 0.6 is 0 Å². The van der Waals surface area contributed by atoms with E-state index in [0.717, 1.165) is 14.1 Å². The first kappa shape index (κ1) is 13.6. The van der Waals surface area contributed by atoms with Gasteiger partial charge in [0.2, 0.25) is 0 Å². The van der Waals surface area contributed by atoms with Gasteiger partial charge in [0.1, 0.15) is 5.69 Å². The Bertz CT molecular complexity index is 532. The molecule has 1 heterocycles. The number of carbonyl (C=O) groups is 1. The van der Waals surface area contributed by atoms with E-state index in [1.54, 1.807) is 0 Å². The van der Waals surface area contributed by atoms with Crippen LogP contribution in [0.1, 0.15) is 16.2 Å². The maximum Gasteiger partial charge on any atom is 0.435 e. The van der Waals surface area contributed by atoms with Crippen molar-refractivity contribution in [1.29, 1.82) is 0 Å². The minimum Gasteiger partial charge on any atom is -0.296 e. The second kappa shape index (κ2) is 4.11. The third-order valence-electron chi connectivity index (χ3n) is 1.80. The van der Waals surface area contributed by atoms with E-state index in [2.05, 4.69) is 5.10 Å². The maximum absolute atomic E-state index is 12.3. The molecule has 0 aliphatic carbocycles. The van der Waals surface area contributed by atoms with Gasteiger partial charge in [-0.15, -0.1) is 4.09 Å². The van der Waals surface area contributed by atoms with E-state index in [0.29, 0.717) is 10.4 Å². The molecule has 0 aliphatic rings. The van der Waals surface area contributed by atoms with Crippen LogP contribution < -0.4 is 0 Å². The van der Waals surface area contributed by atoms with Gasteiger partial charge in [-0.2, -0.15) is 31.0 Å². The Kier molecular flexibility index (Phi) is 3.30. The predicted molar refractivity (Wildman–Crippen MR) is 50.6 cm³/mol. The molecule has 0 bridgehead atoms. The van der Waals surface area contributed by atoms with Crippen molar-refractivity contribution in [2.75, 3.05) is 14.1 Å². The summed E-state index contributed by atoms with van der Waals surface area (Å²) in [5.41, 5.74) is -2.13.